The molecule has 0 aliphatic rings. The first-order valence-electron chi connectivity index (χ1n) is 16.8. The Labute approximate surface area is 280 Å². The van der Waals surface area contributed by atoms with Crippen LogP contribution in [0.4, 0.5) is 17.6 Å². The Hall–Kier alpha value is -3.92. The highest BCUT2D eigenvalue weighted by atomic mass is 19.4. The van der Waals surface area contributed by atoms with Crippen molar-refractivity contribution in [2.75, 3.05) is 19.8 Å². The SMILES string of the molecule is CCCCCCCCCOc1ccc(-c2ccc(C(=O)Oc3ccc(C(=O)OC(CCCCOCCC)C(F)(F)F)c(F)c3)cc2)cc1. The average molecular weight is 675 g/mol. The number of benzene rings is 3. The lowest BCUT2D eigenvalue weighted by molar-refractivity contribution is -0.206. The number of hydrogen-bond acceptors (Lipinski definition) is 6. The number of halogens is 4. The zero-order valence-corrected chi connectivity index (χ0v) is 27.8. The van der Waals surface area contributed by atoms with Crippen molar-refractivity contribution in [3.05, 3.63) is 83.7 Å². The van der Waals surface area contributed by atoms with E-state index in [0.29, 0.717) is 26.2 Å². The molecule has 6 nitrogen and oxygen atoms in total. The summed E-state index contributed by atoms with van der Waals surface area (Å²) in [5.74, 6) is -2.84. The summed E-state index contributed by atoms with van der Waals surface area (Å²) in [6, 6.07) is 17.1. The molecule has 1 atom stereocenters. The lowest BCUT2D eigenvalue weighted by Gasteiger charge is -2.21. The van der Waals surface area contributed by atoms with Gasteiger partial charge in [-0.25, -0.2) is 14.0 Å². The predicted molar refractivity (Wildman–Crippen MR) is 177 cm³/mol. The van der Waals surface area contributed by atoms with Crippen molar-refractivity contribution in [2.24, 2.45) is 0 Å². The highest BCUT2D eigenvalue weighted by molar-refractivity contribution is 5.92. The number of carbonyl (C=O) groups is 2. The zero-order valence-electron chi connectivity index (χ0n) is 27.8. The van der Waals surface area contributed by atoms with E-state index in [1.807, 2.05) is 31.2 Å². The first kappa shape index (κ1) is 38.5. The van der Waals surface area contributed by atoms with Gasteiger partial charge in [-0.15, -0.1) is 0 Å². The van der Waals surface area contributed by atoms with Gasteiger partial charge in [0, 0.05) is 19.3 Å². The molecule has 0 N–H and O–H groups in total. The Balaban J connectivity index is 1.49. The van der Waals surface area contributed by atoms with E-state index in [1.165, 1.54) is 32.1 Å². The van der Waals surface area contributed by atoms with Crippen LogP contribution in [0.2, 0.25) is 0 Å². The van der Waals surface area contributed by atoms with Gasteiger partial charge in [-0.1, -0.05) is 76.6 Å². The fraction of sp³-hybridized carbons (Fsp3) is 0.474. The molecule has 0 bridgehead atoms. The number of alkyl halides is 3. The van der Waals surface area contributed by atoms with Crippen LogP contribution in [0.1, 0.15) is 105 Å². The zero-order chi connectivity index (χ0) is 34.8. The molecule has 1 unspecified atom stereocenters. The summed E-state index contributed by atoms with van der Waals surface area (Å²) in [5, 5.41) is 0. The molecule has 0 saturated carbocycles. The number of unbranched alkanes of at least 4 members (excludes halogenated alkanes) is 7. The van der Waals surface area contributed by atoms with Gasteiger partial charge < -0.3 is 18.9 Å². The summed E-state index contributed by atoms with van der Waals surface area (Å²) < 4.78 is 76.1. The van der Waals surface area contributed by atoms with E-state index in [-0.39, 0.29) is 17.7 Å². The molecule has 262 valence electrons. The number of ether oxygens (including phenoxy) is 4. The molecule has 3 aromatic rings. The first-order valence-corrected chi connectivity index (χ1v) is 16.8. The molecule has 0 aromatic heterocycles. The number of hydrogen-bond donors (Lipinski definition) is 0. The average Bonchev–Trinajstić information content (AvgIpc) is 3.07. The van der Waals surface area contributed by atoms with Gasteiger partial charge in [0.2, 0.25) is 0 Å². The van der Waals surface area contributed by atoms with Gasteiger partial charge >= 0.3 is 18.1 Å². The van der Waals surface area contributed by atoms with Gasteiger partial charge in [-0.2, -0.15) is 13.2 Å². The summed E-state index contributed by atoms with van der Waals surface area (Å²) in [7, 11) is 0. The van der Waals surface area contributed by atoms with Gasteiger partial charge in [0.25, 0.3) is 0 Å². The minimum absolute atomic E-state index is 0.111. The van der Waals surface area contributed by atoms with Crippen LogP contribution < -0.4 is 9.47 Å². The molecule has 0 fully saturated rings. The van der Waals surface area contributed by atoms with Crippen LogP contribution in [0.15, 0.2) is 66.7 Å². The van der Waals surface area contributed by atoms with Gasteiger partial charge in [-0.3, -0.25) is 0 Å². The Morgan fingerprint density at radius 2 is 1.27 bits per heavy atom. The van der Waals surface area contributed by atoms with Crippen molar-refractivity contribution in [3.63, 3.8) is 0 Å². The third-order valence-electron chi connectivity index (χ3n) is 7.66. The van der Waals surface area contributed by atoms with Crippen LogP contribution >= 0.6 is 0 Å². The highest BCUT2D eigenvalue weighted by Gasteiger charge is 2.42. The number of esters is 2. The van der Waals surface area contributed by atoms with Crippen molar-refractivity contribution in [1.29, 1.82) is 0 Å². The Kier molecular flexibility index (Phi) is 16.4. The summed E-state index contributed by atoms with van der Waals surface area (Å²) >= 11 is 0. The van der Waals surface area contributed by atoms with Gasteiger partial charge in [0.15, 0.2) is 6.10 Å². The maximum atomic E-state index is 14.8. The normalized spacial score (nSPS) is 12.0. The standard InChI is InChI=1S/C38H46F4O6/c1-3-5-6-7-8-9-11-26-46-31-20-18-29(19-21-31)28-14-16-30(17-15-28)36(43)47-32-22-23-33(34(39)27-32)37(44)48-35(38(40,41)42)13-10-12-25-45-24-4-2/h14-23,27,35H,3-13,24-26H2,1-2H3. The molecule has 0 amide bonds. The van der Waals surface area contributed by atoms with Crippen molar-refractivity contribution >= 4 is 11.9 Å². The predicted octanol–water partition coefficient (Wildman–Crippen LogP) is 10.5. The molecular formula is C38H46F4O6. The van der Waals surface area contributed by atoms with Gasteiger partial charge in [0.1, 0.15) is 17.3 Å². The third kappa shape index (κ3) is 13.3. The Morgan fingerprint density at radius 1 is 0.667 bits per heavy atom. The molecule has 0 radical (unpaired) electrons. The van der Waals surface area contributed by atoms with E-state index < -0.39 is 42.0 Å². The maximum absolute atomic E-state index is 14.8. The van der Waals surface area contributed by atoms with Gasteiger partial charge in [-0.05, 0) is 79.6 Å². The lowest BCUT2D eigenvalue weighted by atomic mass is 10.0. The van der Waals surface area contributed by atoms with Crippen molar-refractivity contribution < 1.29 is 46.1 Å². The topological polar surface area (TPSA) is 71.1 Å². The van der Waals surface area contributed by atoms with Crippen LogP contribution in [0, 0.1) is 5.82 Å². The molecule has 3 rings (SSSR count). The quantitative estimate of drug-likeness (QED) is 0.0485. The van der Waals surface area contributed by atoms with Crippen molar-refractivity contribution in [1.82, 2.24) is 0 Å². The summed E-state index contributed by atoms with van der Waals surface area (Å²) in [4.78, 5) is 25.1. The molecule has 0 saturated heterocycles. The molecular weight excluding hydrogens is 628 g/mol. The van der Waals surface area contributed by atoms with E-state index in [2.05, 4.69) is 11.7 Å². The molecule has 0 aliphatic heterocycles. The van der Waals surface area contributed by atoms with E-state index in [1.54, 1.807) is 24.3 Å². The van der Waals surface area contributed by atoms with Crippen LogP contribution in [0.5, 0.6) is 11.5 Å². The lowest BCUT2D eigenvalue weighted by Crippen LogP contribution is -2.34. The second-order valence-corrected chi connectivity index (χ2v) is 11.6. The van der Waals surface area contributed by atoms with E-state index >= 15 is 0 Å². The third-order valence-corrected chi connectivity index (χ3v) is 7.66. The second kappa shape index (κ2) is 20.4. The Morgan fingerprint density at radius 3 is 1.90 bits per heavy atom. The minimum atomic E-state index is -4.81. The molecule has 3 aromatic carbocycles. The smallest absolute Gasteiger partial charge is 0.425 e. The van der Waals surface area contributed by atoms with Crippen LogP contribution in [-0.4, -0.2) is 44.0 Å². The molecule has 0 spiro atoms. The van der Waals surface area contributed by atoms with Crippen LogP contribution in [0.3, 0.4) is 0 Å². The maximum Gasteiger partial charge on any atom is 0.425 e. The van der Waals surface area contributed by atoms with E-state index in [9.17, 15) is 27.2 Å². The Bertz CT molecular complexity index is 1390. The number of carbonyl (C=O) groups excluding carboxylic acids is 2. The minimum Gasteiger partial charge on any atom is -0.494 e. The fourth-order valence-corrected chi connectivity index (χ4v) is 4.94. The molecule has 48 heavy (non-hydrogen) atoms. The van der Waals surface area contributed by atoms with Crippen molar-refractivity contribution in [2.45, 2.75) is 96.8 Å². The number of rotatable bonds is 21. The largest absolute Gasteiger partial charge is 0.494 e. The highest BCUT2D eigenvalue weighted by Crippen LogP contribution is 2.29. The monoisotopic (exact) mass is 674 g/mol. The summed E-state index contributed by atoms with van der Waals surface area (Å²) in [5.41, 5.74) is 1.29. The second-order valence-electron chi connectivity index (χ2n) is 11.6. The van der Waals surface area contributed by atoms with Crippen molar-refractivity contribution in [3.8, 4) is 22.6 Å². The first-order chi connectivity index (χ1) is 23.1. The fourth-order valence-electron chi connectivity index (χ4n) is 4.94. The van der Waals surface area contributed by atoms with Gasteiger partial charge in [0.05, 0.1) is 17.7 Å². The van der Waals surface area contributed by atoms with E-state index in [0.717, 1.165) is 54.3 Å². The van der Waals surface area contributed by atoms with Crippen LogP contribution in [-0.2, 0) is 9.47 Å². The van der Waals surface area contributed by atoms with E-state index in [4.69, 9.17) is 14.2 Å². The molecule has 0 aliphatic carbocycles. The molecule has 10 heteroatoms. The summed E-state index contributed by atoms with van der Waals surface area (Å²) in [6.07, 6.45) is 2.13. The molecule has 0 heterocycles. The summed E-state index contributed by atoms with van der Waals surface area (Å²) in [6.45, 7) is 5.62. The van der Waals surface area contributed by atoms with Crippen LogP contribution in [0.25, 0.3) is 11.1 Å².